The number of piperidine rings is 1. The molecular formula is C26H27ClN2O. The number of carbonyl (C=O) groups is 1. The van der Waals surface area contributed by atoms with Crippen molar-refractivity contribution in [3.05, 3.63) is 75.9 Å². The summed E-state index contributed by atoms with van der Waals surface area (Å²) in [5.41, 5.74) is 5.29. The van der Waals surface area contributed by atoms with E-state index < -0.39 is 0 Å². The second kappa shape index (κ2) is 8.39. The van der Waals surface area contributed by atoms with Gasteiger partial charge in [0.05, 0.1) is 10.5 Å². The summed E-state index contributed by atoms with van der Waals surface area (Å²) < 4.78 is 0. The second-order valence-corrected chi connectivity index (χ2v) is 9.09. The fraction of sp³-hybridized carbons (Fsp3) is 0.385. The predicted octanol–water partition coefficient (Wildman–Crippen LogP) is 5.86. The van der Waals surface area contributed by atoms with Crippen LogP contribution >= 0.6 is 11.6 Å². The van der Waals surface area contributed by atoms with Crippen molar-refractivity contribution >= 4 is 28.4 Å². The molecule has 1 aromatic heterocycles. The smallest absolute Gasteiger partial charge is 0.253 e. The number of benzene rings is 2. The maximum absolute atomic E-state index is 13.1. The van der Waals surface area contributed by atoms with Crippen LogP contribution in [-0.4, -0.2) is 28.9 Å². The Morgan fingerprint density at radius 2 is 1.80 bits per heavy atom. The molecule has 0 N–H and O–H groups in total. The van der Waals surface area contributed by atoms with Crippen LogP contribution in [-0.2, 0) is 19.3 Å². The number of aryl methyl sites for hydroxylation is 1. The third-order valence-electron chi connectivity index (χ3n) is 6.71. The van der Waals surface area contributed by atoms with Crippen molar-refractivity contribution in [1.82, 2.24) is 9.88 Å². The number of amides is 1. The molecule has 0 radical (unpaired) electrons. The molecule has 0 unspecified atom stereocenters. The molecule has 2 heterocycles. The van der Waals surface area contributed by atoms with Gasteiger partial charge in [0.1, 0.15) is 0 Å². The molecule has 1 saturated heterocycles. The molecular weight excluding hydrogens is 392 g/mol. The van der Waals surface area contributed by atoms with Crippen molar-refractivity contribution in [3.63, 3.8) is 0 Å². The first kappa shape index (κ1) is 19.6. The third-order valence-corrected chi connectivity index (χ3v) is 7.14. The first-order valence-corrected chi connectivity index (χ1v) is 11.5. The van der Waals surface area contributed by atoms with E-state index in [2.05, 4.69) is 30.3 Å². The van der Waals surface area contributed by atoms with E-state index in [-0.39, 0.29) is 5.91 Å². The lowest BCUT2D eigenvalue weighted by atomic mass is 9.90. The topological polar surface area (TPSA) is 33.2 Å². The zero-order valence-corrected chi connectivity index (χ0v) is 18.0. The zero-order chi connectivity index (χ0) is 20.5. The van der Waals surface area contributed by atoms with Crippen molar-refractivity contribution in [3.8, 4) is 0 Å². The maximum atomic E-state index is 13.1. The number of pyridine rings is 1. The molecule has 0 spiro atoms. The van der Waals surface area contributed by atoms with Crippen LogP contribution in [0, 0.1) is 5.92 Å². The van der Waals surface area contributed by atoms with E-state index in [1.165, 1.54) is 24.0 Å². The second-order valence-electron chi connectivity index (χ2n) is 8.72. The lowest BCUT2D eigenvalue weighted by Gasteiger charge is -2.32. The summed E-state index contributed by atoms with van der Waals surface area (Å²) in [6, 6.07) is 16.5. The Labute approximate surface area is 183 Å². The molecule has 2 aliphatic rings. The molecule has 4 heteroatoms. The molecule has 1 fully saturated rings. The Morgan fingerprint density at radius 3 is 2.60 bits per heavy atom. The lowest BCUT2D eigenvalue weighted by molar-refractivity contribution is 0.0690. The van der Waals surface area contributed by atoms with Gasteiger partial charge in [-0.1, -0.05) is 48.0 Å². The van der Waals surface area contributed by atoms with E-state index in [9.17, 15) is 4.79 Å². The van der Waals surface area contributed by atoms with Crippen molar-refractivity contribution in [1.29, 1.82) is 0 Å². The minimum absolute atomic E-state index is 0.116. The molecule has 30 heavy (non-hydrogen) atoms. The van der Waals surface area contributed by atoms with Crippen LogP contribution in [0.3, 0.4) is 0 Å². The van der Waals surface area contributed by atoms with E-state index in [1.807, 2.05) is 23.1 Å². The van der Waals surface area contributed by atoms with E-state index in [0.29, 0.717) is 5.92 Å². The highest BCUT2D eigenvalue weighted by Gasteiger charge is 2.25. The summed E-state index contributed by atoms with van der Waals surface area (Å²) in [6.45, 7) is 1.65. The largest absolute Gasteiger partial charge is 0.339 e. The Morgan fingerprint density at radius 1 is 1.03 bits per heavy atom. The van der Waals surface area contributed by atoms with Gasteiger partial charge in [0.25, 0.3) is 5.91 Å². The van der Waals surface area contributed by atoms with E-state index >= 15 is 0 Å². The average molecular weight is 419 g/mol. The van der Waals surface area contributed by atoms with Crippen LogP contribution in [0.4, 0.5) is 0 Å². The Hall–Kier alpha value is -2.39. The Balaban J connectivity index is 1.30. The van der Waals surface area contributed by atoms with Crippen LogP contribution in [0.15, 0.2) is 48.5 Å². The standard InChI is InChI=1S/C26H27ClN2O/c27-25-21-8-4-5-9-23(21)28-24-17-20(10-11-22(24)25)26(30)29-14-12-19(13-15-29)16-18-6-2-1-3-7-18/h1-3,6-7,10-11,17,19H,4-5,8-9,12-16H2. The minimum atomic E-state index is 0.116. The summed E-state index contributed by atoms with van der Waals surface area (Å²) in [5, 5.41) is 1.80. The minimum Gasteiger partial charge on any atom is -0.339 e. The molecule has 1 aliphatic heterocycles. The lowest BCUT2D eigenvalue weighted by Crippen LogP contribution is -2.38. The van der Waals surface area contributed by atoms with Crippen LogP contribution in [0.5, 0.6) is 0 Å². The first-order chi connectivity index (χ1) is 14.7. The summed E-state index contributed by atoms with van der Waals surface area (Å²) in [7, 11) is 0. The van der Waals surface area contributed by atoms with Crippen LogP contribution in [0.25, 0.3) is 10.9 Å². The van der Waals surface area contributed by atoms with Gasteiger partial charge in [0.2, 0.25) is 0 Å². The monoisotopic (exact) mass is 418 g/mol. The van der Waals surface area contributed by atoms with Crippen LogP contribution in [0.1, 0.15) is 52.9 Å². The molecule has 0 atom stereocenters. The van der Waals surface area contributed by atoms with Gasteiger partial charge in [-0.2, -0.15) is 0 Å². The number of nitrogens with zero attached hydrogens (tertiary/aromatic N) is 2. The van der Waals surface area contributed by atoms with Gasteiger partial charge in [0.15, 0.2) is 0 Å². The van der Waals surface area contributed by atoms with Gasteiger partial charge in [-0.15, -0.1) is 0 Å². The number of aromatic nitrogens is 1. The molecule has 5 rings (SSSR count). The number of halogens is 1. The van der Waals surface area contributed by atoms with Crippen molar-refractivity contribution < 1.29 is 4.79 Å². The van der Waals surface area contributed by atoms with Gasteiger partial charge in [0, 0.05) is 29.7 Å². The summed E-state index contributed by atoms with van der Waals surface area (Å²) in [5.74, 6) is 0.769. The average Bonchev–Trinajstić information content (AvgIpc) is 2.80. The van der Waals surface area contributed by atoms with Gasteiger partial charge < -0.3 is 4.90 Å². The van der Waals surface area contributed by atoms with Crippen molar-refractivity contribution in [2.75, 3.05) is 13.1 Å². The molecule has 3 nitrogen and oxygen atoms in total. The highest BCUT2D eigenvalue weighted by atomic mass is 35.5. The number of carbonyl (C=O) groups excluding carboxylic acids is 1. The molecule has 3 aromatic rings. The van der Waals surface area contributed by atoms with Gasteiger partial charge >= 0.3 is 0 Å². The van der Waals surface area contributed by atoms with E-state index in [1.54, 1.807) is 0 Å². The van der Waals surface area contributed by atoms with E-state index in [0.717, 1.165) is 72.4 Å². The third kappa shape index (κ3) is 3.83. The van der Waals surface area contributed by atoms with Crippen molar-refractivity contribution in [2.24, 2.45) is 5.92 Å². The fourth-order valence-corrected chi connectivity index (χ4v) is 5.33. The molecule has 1 amide bonds. The number of hydrogen-bond donors (Lipinski definition) is 0. The normalized spacial score (nSPS) is 17.2. The number of fused-ring (bicyclic) bond motifs is 2. The SMILES string of the molecule is O=C(c1ccc2c(Cl)c3c(nc2c1)CCCC3)N1CCC(Cc2ccccc2)CC1. The highest BCUT2D eigenvalue weighted by Crippen LogP contribution is 2.33. The first-order valence-electron chi connectivity index (χ1n) is 11.1. The van der Waals surface area contributed by atoms with Gasteiger partial charge in [-0.25, -0.2) is 0 Å². The summed E-state index contributed by atoms with van der Waals surface area (Å²) in [4.78, 5) is 20.0. The number of rotatable bonds is 3. The van der Waals surface area contributed by atoms with Gasteiger partial charge in [-0.3, -0.25) is 9.78 Å². The molecule has 0 saturated carbocycles. The molecule has 154 valence electrons. The highest BCUT2D eigenvalue weighted by molar-refractivity contribution is 6.36. The number of hydrogen-bond acceptors (Lipinski definition) is 2. The maximum Gasteiger partial charge on any atom is 0.253 e. The summed E-state index contributed by atoms with van der Waals surface area (Å²) in [6.07, 6.45) is 7.56. The fourth-order valence-electron chi connectivity index (χ4n) is 4.97. The molecule has 0 bridgehead atoms. The van der Waals surface area contributed by atoms with Gasteiger partial charge in [-0.05, 0) is 74.1 Å². The predicted molar refractivity (Wildman–Crippen MR) is 122 cm³/mol. The zero-order valence-electron chi connectivity index (χ0n) is 17.2. The van der Waals surface area contributed by atoms with Crippen molar-refractivity contribution in [2.45, 2.75) is 44.9 Å². The van der Waals surface area contributed by atoms with E-state index in [4.69, 9.17) is 16.6 Å². The number of likely N-dealkylation sites (tertiary alicyclic amines) is 1. The van der Waals surface area contributed by atoms with Crippen LogP contribution in [0.2, 0.25) is 5.02 Å². The Bertz CT molecular complexity index is 1070. The molecule has 1 aliphatic carbocycles. The Kier molecular flexibility index (Phi) is 5.47. The van der Waals surface area contributed by atoms with Crippen LogP contribution < -0.4 is 0 Å². The molecule has 2 aromatic carbocycles. The summed E-state index contributed by atoms with van der Waals surface area (Å²) >= 11 is 6.69. The quantitative estimate of drug-likeness (QED) is 0.533.